The standard InChI is InChI=1S/C16H24N2O2/c1-3-4-11-18(2)16(19)12-20-15-9-10-17-14-8-6-5-7-13(14)15/h9-10H,3-8,11-12H2,1-2H3. The van der Waals surface area contributed by atoms with E-state index in [0.29, 0.717) is 0 Å². The number of unbranched alkanes of at least 4 members (excludes halogenated alkanes) is 1. The second-order valence-corrected chi connectivity index (χ2v) is 5.40. The minimum Gasteiger partial charge on any atom is -0.483 e. The van der Waals surface area contributed by atoms with Gasteiger partial charge in [-0.25, -0.2) is 0 Å². The molecule has 1 amide bonds. The molecular weight excluding hydrogens is 252 g/mol. The summed E-state index contributed by atoms with van der Waals surface area (Å²) in [5.74, 6) is 0.881. The first-order chi connectivity index (χ1) is 9.72. The van der Waals surface area contributed by atoms with Gasteiger partial charge in [0.15, 0.2) is 6.61 Å². The van der Waals surface area contributed by atoms with Crippen LogP contribution >= 0.6 is 0 Å². The lowest BCUT2D eigenvalue weighted by molar-refractivity contribution is -0.132. The fraction of sp³-hybridized carbons (Fsp3) is 0.625. The van der Waals surface area contributed by atoms with Gasteiger partial charge in [-0.05, 0) is 38.2 Å². The minimum atomic E-state index is 0.0415. The number of amides is 1. The maximum atomic E-state index is 12.0. The zero-order chi connectivity index (χ0) is 14.4. The summed E-state index contributed by atoms with van der Waals surface area (Å²) in [4.78, 5) is 18.1. The summed E-state index contributed by atoms with van der Waals surface area (Å²) < 4.78 is 5.74. The first-order valence-corrected chi connectivity index (χ1v) is 7.56. The second-order valence-electron chi connectivity index (χ2n) is 5.40. The molecular formula is C16H24N2O2. The molecule has 1 heterocycles. The summed E-state index contributed by atoms with van der Waals surface area (Å²) in [6, 6.07) is 1.88. The number of hydrogen-bond donors (Lipinski definition) is 0. The molecule has 0 spiro atoms. The van der Waals surface area contributed by atoms with E-state index in [1.54, 1.807) is 11.1 Å². The molecule has 2 rings (SSSR count). The van der Waals surface area contributed by atoms with Gasteiger partial charge in [-0.3, -0.25) is 9.78 Å². The van der Waals surface area contributed by atoms with Crippen LogP contribution < -0.4 is 4.74 Å². The van der Waals surface area contributed by atoms with Crippen molar-refractivity contribution in [2.45, 2.75) is 45.4 Å². The number of rotatable bonds is 6. The highest BCUT2D eigenvalue weighted by atomic mass is 16.5. The molecule has 0 aliphatic heterocycles. The normalized spacial score (nSPS) is 13.7. The van der Waals surface area contributed by atoms with Gasteiger partial charge in [0.1, 0.15) is 5.75 Å². The number of aromatic nitrogens is 1. The third kappa shape index (κ3) is 3.71. The van der Waals surface area contributed by atoms with Gasteiger partial charge in [-0.1, -0.05) is 13.3 Å². The van der Waals surface area contributed by atoms with Crippen LogP contribution in [0.3, 0.4) is 0 Å². The SMILES string of the molecule is CCCCN(C)C(=O)COc1ccnc2c1CCCC2. The summed E-state index contributed by atoms with van der Waals surface area (Å²) in [5.41, 5.74) is 2.34. The first-order valence-electron chi connectivity index (χ1n) is 7.56. The lowest BCUT2D eigenvalue weighted by atomic mass is 9.95. The molecule has 0 saturated heterocycles. The monoisotopic (exact) mass is 276 g/mol. The predicted octanol–water partition coefficient (Wildman–Crippen LogP) is 2.60. The van der Waals surface area contributed by atoms with Gasteiger partial charge in [0.25, 0.3) is 5.91 Å². The average molecular weight is 276 g/mol. The van der Waals surface area contributed by atoms with Gasteiger partial charge in [-0.2, -0.15) is 0 Å². The number of fused-ring (bicyclic) bond motifs is 1. The van der Waals surface area contributed by atoms with E-state index in [2.05, 4.69) is 11.9 Å². The Hall–Kier alpha value is -1.58. The van der Waals surface area contributed by atoms with Gasteiger partial charge in [0.2, 0.25) is 0 Å². The largest absolute Gasteiger partial charge is 0.483 e. The van der Waals surface area contributed by atoms with Crippen molar-refractivity contribution in [1.29, 1.82) is 0 Å². The Morgan fingerprint density at radius 1 is 1.40 bits per heavy atom. The Morgan fingerprint density at radius 3 is 3.00 bits per heavy atom. The van der Waals surface area contributed by atoms with Gasteiger partial charge in [0.05, 0.1) is 0 Å². The number of hydrogen-bond acceptors (Lipinski definition) is 3. The van der Waals surface area contributed by atoms with E-state index in [1.807, 2.05) is 13.1 Å². The molecule has 0 atom stereocenters. The minimum absolute atomic E-state index is 0.0415. The van der Waals surface area contributed by atoms with Gasteiger partial charge in [-0.15, -0.1) is 0 Å². The quantitative estimate of drug-likeness (QED) is 0.802. The summed E-state index contributed by atoms with van der Waals surface area (Å²) >= 11 is 0. The Bertz CT molecular complexity index is 460. The number of nitrogens with zero attached hydrogens (tertiary/aromatic N) is 2. The third-order valence-electron chi connectivity index (χ3n) is 3.82. The fourth-order valence-electron chi connectivity index (χ4n) is 2.50. The van der Waals surface area contributed by atoms with E-state index in [1.165, 1.54) is 18.4 Å². The highest BCUT2D eigenvalue weighted by Crippen LogP contribution is 2.27. The molecule has 4 heteroatoms. The van der Waals surface area contributed by atoms with Gasteiger partial charge in [0, 0.05) is 31.0 Å². The summed E-state index contributed by atoms with van der Waals surface area (Å²) in [6.07, 6.45) is 8.32. The van der Waals surface area contributed by atoms with Gasteiger partial charge < -0.3 is 9.64 Å². The van der Waals surface area contributed by atoms with Crippen molar-refractivity contribution < 1.29 is 9.53 Å². The number of carbonyl (C=O) groups is 1. The topological polar surface area (TPSA) is 42.4 Å². The lowest BCUT2D eigenvalue weighted by Crippen LogP contribution is -2.32. The first kappa shape index (κ1) is 14.8. The molecule has 1 aliphatic carbocycles. The molecule has 1 aliphatic rings. The zero-order valence-corrected chi connectivity index (χ0v) is 12.5. The molecule has 0 aromatic carbocycles. The maximum Gasteiger partial charge on any atom is 0.260 e. The highest BCUT2D eigenvalue weighted by molar-refractivity contribution is 5.77. The van der Waals surface area contributed by atoms with Crippen molar-refractivity contribution in [3.63, 3.8) is 0 Å². The zero-order valence-electron chi connectivity index (χ0n) is 12.5. The van der Waals surface area contributed by atoms with Crippen molar-refractivity contribution in [3.05, 3.63) is 23.5 Å². The molecule has 0 fully saturated rings. The van der Waals surface area contributed by atoms with E-state index >= 15 is 0 Å². The maximum absolute atomic E-state index is 12.0. The van der Waals surface area contributed by atoms with Crippen LogP contribution in [0.15, 0.2) is 12.3 Å². The molecule has 0 saturated carbocycles. The van der Waals surface area contributed by atoms with Crippen LogP contribution in [-0.2, 0) is 17.6 Å². The molecule has 1 aromatic rings. The summed E-state index contributed by atoms with van der Waals surface area (Å²) in [5, 5.41) is 0. The van der Waals surface area contributed by atoms with Crippen molar-refractivity contribution in [1.82, 2.24) is 9.88 Å². The van der Waals surface area contributed by atoms with E-state index in [9.17, 15) is 4.79 Å². The number of carbonyl (C=O) groups excluding carboxylic acids is 1. The molecule has 0 radical (unpaired) electrons. The predicted molar refractivity (Wildman–Crippen MR) is 78.9 cm³/mol. The number of ether oxygens (including phenoxy) is 1. The van der Waals surface area contributed by atoms with Crippen LogP contribution in [-0.4, -0.2) is 36.0 Å². The van der Waals surface area contributed by atoms with E-state index < -0.39 is 0 Å². The number of likely N-dealkylation sites (N-methyl/N-ethyl adjacent to an activating group) is 1. The molecule has 20 heavy (non-hydrogen) atoms. The van der Waals surface area contributed by atoms with Crippen molar-refractivity contribution >= 4 is 5.91 Å². The van der Waals surface area contributed by atoms with Gasteiger partial charge >= 0.3 is 0 Å². The van der Waals surface area contributed by atoms with E-state index in [4.69, 9.17) is 4.74 Å². The molecule has 0 N–H and O–H groups in total. The molecule has 1 aromatic heterocycles. The number of aryl methyl sites for hydroxylation is 1. The van der Waals surface area contributed by atoms with Crippen LogP contribution in [0.1, 0.15) is 43.9 Å². The lowest BCUT2D eigenvalue weighted by Gasteiger charge is -2.20. The van der Waals surface area contributed by atoms with Crippen molar-refractivity contribution in [2.24, 2.45) is 0 Å². The summed E-state index contributed by atoms with van der Waals surface area (Å²) in [7, 11) is 1.84. The molecule has 0 bridgehead atoms. The van der Waals surface area contributed by atoms with Crippen molar-refractivity contribution in [3.8, 4) is 5.75 Å². The Morgan fingerprint density at radius 2 is 2.20 bits per heavy atom. The van der Waals surface area contributed by atoms with E-state index in [0.717, 1.165) is 43.7 Å². The Kier molecular flexibility index (Phi) is 5.39. The summed E-state index contributed by atoms with van der Waals surface area (Å²) in [6.45, 7) is 3.04. The second kappa shape index (κ2) is 7.27. The van der Waals surface area contributed by atoms with Crippen LogP contribution in [0.2, 0.25) is 0 Å². The average Bonchev–Trinajstić information content (AvgIpc) is 2.50. The molecule has 4 nitrogen and oxygen atoms in total. The smallest absolute Gasteiger partial charge is 0.260 e. The van der Waals surface area contributed by atoms with Crippen LogP contribution in [0, 0.1) is 0 Å². The van der Waals surface area contributed by atoms with Crippen LogP contribution in [0.4, 0.5) is 0 Å². The third-order valence-corrected chi connectivity index (χ3v) is 3.82. The molecule has 110 valence electrons. The molecule has 0 unspecified atom stereocenters. The Labute approximate surface area is 121 Å². The highest BCUT2D eigenvalue weighted by Gasteiger charge is 2.16. The van der Waals surface area contributed by atoms with Crippen LogP contribution in [0.25, 0.3) is 0 Å². The Balaban J connectivity index is 1.92. The van der Waals surface area contributed by atoms with Crippen molar-refractivity contribution in [2.75, 3.05) is 20.2 Å². The fourth-order valence-corrected chi connectivity index (χ4v) is 2.50. The van der Waals surface area contributed by atoms with E-state index in [-0.39, 0.29) is 12.5 Å². The number of pyridine rings is 1. The van der Waals surface area contributed by atoms with Crippen LogP contribution in [0.5, 0.6) is 5.75 Å².